The van der Waals surface area contributed by atoms with E-state index in [1.807, 2.05) is 6.92 Å². The molecule has 1 aliphatic rings. The lowest BCUT2D eigenvalue weighted by Crippen LogP contribution is -2.57. The Bertz CT molecular complexity index is 334. The maximum atomic E-state index is 12.2. The van der Waals surface area contributed by atoms with Crippen molar-refractivity contribution >= 4 is 12.0 Å². The summed E-state index contributed by atoms with van der Waals surface area (Å²) in [5, 5.41) is 12.2. The molecule has 0 aromatic carbocycles. The highest BCUT2D eigenvalue weighted by molar-refractivity contribution is 5.86. The van der Waals surface area contributed by atoms with Crippen molar-refractivity contribution in [2.75, 3.05) is 13.1 Å². The molecule has 1 saturated carbocycles. The van der Waals surface area contributed by atoms with Crippen LogP contribution in [0.2, 0.25) is 0 Å². The number of carboxylic acid groups (broad SMARTS) is 1. The van der Waals surface area contributed by atoms with Gasteiger partial charge in [-0.25, -0.2) is 9.59 Å². The van der Waals surface area contributed by atoms with Gasteiger partial charge in [0.2, 0.25) is 0 Å². The van der Waals surface area contributed by atoms with Crippen molar-refractivity contribution in [2.45, 2.75) is 51.0 Å². The van der Waals surface area contributed by atoms with E-state index in [1.54, 1.807) is 11.0 Å². The molecule has 0 spiro atoms. The van der Waals surface area contributed by atoms with Crippen LogP contribution in [-0.2, 0) is 4.79 Å². The molecule has 5 nitrogen and oxygen atoms in total. The number of hydrogen-bond donors (Lipinski definition) is 2. The van der Waals surface area contributed by atoms with E-state index in [0.29, 0.717) is 25.9 Å². The van der Waals surface area contributed by atoms with Gasteiger partial charge in [0.25, 0.3) is 0 Å². The van der Waals surface area contributed by atoms with Gasteiger partial charge in [-0.1, -0.05) is 31.8 Å². The molecule has 19 heavy (non-hydrogen) atoms. The summed E-state index contributed by atoms with van der Waals surface area (Å²) < 4.78 is 0. The topological polar surface area (TPSA) is 69.6 Å². The number of nitrogens with zero attached hydrogens (tertiary/aromatic N) is 1. The molecule has 1 aliphatic carbocycles. The summed E-state index contributed by atoms with van der Waals surface area (Å²) in [6.45, 7) is 6.44. The number of carbonyl (C=O) groups excluding carboxylic acids is 1. The molecule has 1 fully saturated rings. The Balaban J connectivity index is 2.79. The van der Waals surface area contributed by atoms with Crippen LogP contribution in [0.15, 0.2) is 12.7 Å². The van der Waals surface area contributed by atoms with E-state index in [-0.39, 0.29) is 6.03 Å². The van der Waals surface area contributed by atoms with Gasteiger partial charge in [-0.3, -0.25) is 0 Å². The highest BCUT2D eigenvalue weighted by Crippen LogP contribution is 2.27. The van der Waals surface area contributed by atoms with Crippen molar-refractivity contribution in [3.8, 4) is 0 Å². The predicted octanol–water partition coefficient (Wildman–Crippen LogP) is 2.38. The number of rotatable bonds is 5. The van der Waals surface area contributed by atoms with Crippen molar-refractivity contribution in [1.29, 1.82) is 0 Å². The third-order valence-electron chi connectivity index (χ3n) is 3.73. The molecule has 0 radical (unpaired) electrons. The van der Waals surface area contributed by atoms with E-state index in [1.165, 1.54) is 0 Å². The van der Waals surface area contributed by atoms with E-state index < -0.39 is 11.5 Å². The SMILES string of the molecule is C=CCN(CC)C(=O)NC1(C(=O)O)CCCCCC1. The second-order valence-electron chi connectivity index (χ2n) is 5.06. The zero-order chi connectivity index (χ0) is 14.3. The van der Waals surface area contributed by atoms with E-state index in [0.717, 1.165) is 25.7 Å². The number of nitrogens with one attached hydrogen (secondary N) is 1. The number of hydrogen-bond acceptors (Lipinski definition) is 2. The van der Waals surface area contributed by atoms with Gasteiger partial charge >= 0.3 is 12.0 Å². The lowest BCUT2D eigenvalue weighted by molar-refractivity contribution is -0.145. The minimum atomic E-state index is -1.10. The van der Waals surface area contributed by atoms with Crippen LogP contribution < -0.4 is 5.32 Å². The molecule has 0 unspecified atom stereocenters. The van der Waals surface area contributed by atoms with Crippen LogP contribution in [0.1, 0.15) is 45.4 Å². The summed E-state index contributed by atoms with van der Waals surface area (Å²) in [6, 6.07) is -0.313. The predicted molar refractivity (Wildman–Crippen MR) is 74.0 cm³/mol. The average Bonchev–Trinajstić information content (AvgIpc) is 2.62. The zero-order valence-electron chi connectivity index (χ0n) is 11.7. The fourth-order valence-electron chi connectivity index (χ4n) is 2.52. The van der Waals surface area contributed by atoms with Gasteiger partial charge in [-0.2, -0.15) is 0 Å². The van der Waals surface area contributed by atoms with Gasteiger partial charge in [-0.15, -0.1) is 6.58 Å². The lowest BCUT2D eigenvalue weighted by Gasteiger charge is -2.32. The first-order valence-corrected chi connectivity index (χ1v) is 6.97. The first-order valence-electron chi connectivity index (χ1n) is 6.97. The summed E-state index contributed by atoms with van der Waals surface area (Å²) in [6.07, 6.45) is 6.44. The molecule has 1 rings (SSSR count). The Morgan fingerprint density at radius 1 is 1.32 bits per heavy atom. The molecule has 2 amide bonds. The normalized spacial score (nSPS) is 18.2. The van der Waals surface area contributed by atoms with Crippen LogP contribution in [0.3, 0.4) is 0 Å². The van der Waals surface area contributed by atoms with Crippen molar-refractivity contribution in [3.63, 3.8) is 0 Å². The fourth-order valence-corrected chi connectivity index (χ4v) is 2.52. The smallest absolute Gasteiger partial charge is 0.329 e. The molecule has 0 aromatic heterocycles. The van der Waals surface area contributed by atoms with E-state index >= 15 is 0 Å². The molecule has 2 N–H and O–H groups in total. The molecule has 0 aromatic rings. The van der Waals surface area contributed by atoms with Gasteiger partial charge in [0.05, 0.1) is 0 Å². The minimum absolute atomic E-state index is 0.313. The number of amides is 2. The van der Waals surface area contributed by atoms with Crippen molar-refractivity contribution in [1.82, 2.24) is 10.2 Å². The summed E-state index contributed by atoms with van der Waals surface area (Å²) in [4.78, 5) is 25.3. The van der Waals surface area contributed by atoms with Gasteiger partial charge in [0.15, 0.2) is 0 Å². The Morgan fingerprint density at radius 2 is 1.89 bits per heavy atom. The first kappa shape index (κ1) is 15.5. The Hall–Kier alpha value is -1.52. The zero-order valence-corrected chi connectivity index (χ0v) is 11.7. The molecular formula is C14H24N2O3. The van der Waals surface area contributed by atoms with Crippen LogP contribution in [0.25, 0.3) is 0 Å². The molecule has 0 aliphatic heterocycles. The monoisotopic (exact) mass is 268 g/mol. The summed E-state index contributed by atoms with van der Waals surface area (Å²) >= 11 is 0. The fraction of sp³-hybridized carbons (Fsp3) is 0.714. The molecule has 5 heteroatoms. The minimum Gasteiger partial charge on any atom is -0.480 e. The summed E-state index contributed by atoms with van der Waals surface area (Å²) in [5.41, 5.74) is -1.10. The van der Waals surface area contributed by atoms with Crippen LogP contribution in [0.4, 0.5) is 4.79 Å². The number of carbonyl (C=O) groups is 2. The number of aliphatic carboxylic acids is 1. The standard InChI is InChI=1S/C14H24N2O3/c1-3-11-16(4-2)13(19)15-14(12(17)18)9-7-5-6-8-10-14/h3H,1,4-11H2,2H3,(H,15,19)(H,17,18). The van der Waals surface area contributed by atoms with Gasteiger partial charge in [0, 0.05) is 13.1 Å². The highest BCUT2D eigenvalue weighted by Gasteiger charge is 2.40. The van der Waals surface area contributed by atoms with Crippen molar-refractivity contribution in [3.05, 3.63) is 12.7 Å². The third-order valence-corrected chi connectivity index (χ3v) is 3.73. The number of likely N-dealkylation sites (N-methyl/N-ethyl adjacent to an activating group) is 1. The van der Waals surface area contributed by atoms with E-state index in [2.05, 4.69) is 11.9 Å². The quantitative estimate of drug-likeness (QED) is 0.594. The molecule has 0 bridgehead atoms. The van der Waals surface area contributed by atoms with Crippen molar-refractivity contribution in [2.24, 2.45) is 0 Å². The van der Waals surface area contributed by atoms with Gasteiger partial charge in [0.1, 0.15) is 5.54 Å². The second-order valence-corrected chi connectivity index (χ2v) is 5.06. The first-order chi connectivity index (χ1) is 9.05. The van der Waals surface area contributed by atoms with E-state index in [9.17, 15) is 14.7 Å². The molecule has 0 saturated heterocycles. The molecule has 108 valence electrons. The Morgan fingerprint density at radius 3 is 2.32 bits per heavy atom. The average molecular weight is 268 g/mol. The Kier molecular flexibility index (Phi) is 5.86. The number of urea groups is 1. The molecule has 0 atom stereocenters. The largest absolute Gasteiger partial charge is 0.480 e. The maximum absolute atomic E-state index is 12.2. The van der Waals surface area contributed by atoms with Gasteiger partial charge in [-0.05, 0) is 19.8 Å². The van der Waals surface area contributed by atoms with Crippen LogP contribution in [-0.4, -0.2) is 40.6 Å². The number of carboxylic acids is 1. The van der Waals surface area contributed by atoms with Gasteiger partial charge < -0.3 is 15.3 Å². The third kappa shape index (κ3) is 3.98. The second kappa shape index (κ2) is 7.16. The summed E-state index contributed by atoms with van der Waals surface area (Å²) in [5.74, 6) is -0.919. The van der Waals surface area contributed by atoms with E-state index in [4.69, 9.17) is 0 Å². The maximum Gasteiger partial charge on any atom is 0.329 e. The lowest BCUT2D eigenvalue weighted by atomic mass is 9.90. The molecular weight excluding hydrogens is 244 g/mol. The molecule has 0 heterocycles. The highest BCUT2D eigenvalue weighted by atomic mass is 16.4. The Labute approximate surface area is 114 Å². The van der Waals surface area contributed by atoms with Crippen LogP contribution in [0, 0.1) is 0 Å². The van der Waals surface area contributed by atoms with Crippen LogP contribution in [0.5, 0.6) is 0 Å². The van der Waals surface area contributed by atoms with Crippen LogP contribution >= 0.6 is 0 Å². The summed E-state index contributed by atoms with van der Waals surface area (Å²) in [7, 11) is 0. The van der Waals surface area contributed by atoms with Crippen molar-refractivity contribution < 1.29 is 14.7 Å².